The molecule has 14 heteroatoms. The molecule has 1 amide bonds. The van der Waals surface area contributed by atoms with Crippen LogP contribution in [-0.2, 0) is 30.5 Å². The number of alkyl halides is 3. The summed E-state index contributed by atoms with van der Waals surface area (Å²) in [6, 6.07) is 0.184. The third-order valence-electron chi connectivity index (χ3n) is 4.37. The minimum absolute atomic E-state index is 0. The highest BCUT2D eigenvalue weighted by molar-refractivity contribution is 5.85. The molecule has 7 nitrogen and oxygen atoms in total. The van der Waals surface area contributed by atoms with E-state index in [0.717, 1.165) is 4.57 Å². The van der Waals surface area contributed by atoms with E-state index in [2.05, 4.69) is 10.2 Å². The van der Waals surface area contributed by atoms with E-state index < -0.39 is 41.4 Å². The number of rotatable bonds is 4. The molecular weight excluding hydrogens is 444 g/mol. The van der Waals surface area contributed by atoms with Crippen LogP contribution in [0.3, 0.4) is 0 Å². The summed E-state index contributed by atoms with van der Waals surface area (Å²) in [4.78, 5) is 13.6. The molecule has 4 N–H and O–H groups in total. The molecule has 1 aliphatic heterocycles. The minimum Gasteiger partial charge on any atom is -0.412 e. The van der Waals surface area contributed by atoms with Crippen molar-refractivity contribution >= 4 is 18.3 Å². The molecule has 0 saturated carbocycles. The van der Waals surface area contributed by atoms with Gasteiger partial charge in [-0.1, -0.05) is 0 Å². The van der Waals surface area contributed by atoms with E-state index in [1.807, 2.05) is 0 Å². The fraction of sp³-hybridized carbons (Fsp3) is 0.438. The van der Waals surface area contributed by atoms with E-state index in [1.54, 1.807) is 0 Å². The predicted molar refractivity (Wildman–Crippen MR) is 93.9 cm³/mol. The van der Waals surface area contributed by atoms with Crippen LogP contribution in [0, 0.1) is 17.5 Å². The molecule has 0 spiro atoms. The molecule has 0 saturated heterocycles. The van der Waals surface area contributed by atoms with Gasteiger partial charge in [-0.2, -0.15) is 13.2 Å². The van der Waals surface area contributed by atoms with Crippen molar-refractivity contribution in [1.82, 2.24) is 19.7 Å². The largest absolute Gasteiger partial charge is 0.451 e. The maximum Gasteiger partial charge on any atom is 0.451 e. The van der Waals surface area contributed by atoms with Crippen LogP contribution in [0.25, 0.3) is 0 Å². The summed E-state index contributed by atoms with van der Waals surface area (Å²) in [7, 11) is 0. The second kappa shape index (κ2) is 9.62. The van der Waals surface area contributed by atoms with Gasteiger partial charge in [-0.3, -0.25) is 4.79 Å². The van der Waals surface area contributed by atoms with Gasteiger partial charge in [-0.15, -0.1) is 22.6 Å². The highest BCUT2D eigenvalue weighted by Gasteiger charge is 2.39. The number of halogens is 7. The van der Waals surface area contributed by atoms with Gasteiger partial charge in [0.05, 0.1) is 6.54 Å². The Morgan fingerprint density at radius 1 is 1.10 bits per heavy atom. The maximum absolute atomic E-state index is 13.7. The van der Waals surface area contributed by atoms with Crippen molar-refractivity contribution in [3.63, 3.8) is 0 Å². The zero-order chi connectivity index (χ0) is 20.6. The van der Waals surface area contributed by atoms with Gasteiger partial charge in [0.25, 0.3) is 0 Å². The van der Waals surface area contributed by atoms with Gasteiger partial charge >= 0.3 is 6.18 Å². The summed E-state index contributed by atoms with van der Waals surface area (Å²) < 4.78 is 79.3. The van der Waals surface area contributed by atoms with Crippen LogP contribution in [0.1, 0.15) is 23.6 Å². The van der Waals surface area contributed by atoms with Crippen molar-refractivity contribution in [2.24, 2.45) is 5.73 Å². The lowest BCUT2D eigenvalue weighted by atomic mass is 10.0. The molecule has 0 aliphatic carbocycles. The van der Waals surface area contributed by atoms with Gasteiger partial charge in [0.2, 0.25) is 11.7 Å². The monoisotopic (exact) mass is 461 g/mol. The topological polar surface area (TPSA) is 109 Å². The fourth-order valence-corrected chi connectivity index (χ4v) is 3.01. The van der Waals surface area contributed by atoms with Crippen LogP contribution in [0.4, 0.5) is 26.3 Å². The average molecular weight is 462 g/mol. The Morgan fingerprint density at radius 3 is 2.37 bits per heavy atom. The van der Waals surface area contributed by atoms with Crippen LogP contribution >= 0.6 is 12.4 Å². The number of fused-ring (bicyclic) bond motifs is 1. The third kappa shape index (κ3) is 5.40. The Balaban J connectivity index is 0.00000225. The highest BCUT2D eigenvalue weighted by atomic mass is 35.5. The third-order valence-corrected chi connectivity index (χ3v) is 4.37. The number of hydrogen-bond donors (Lipinski definition) is 1. The summed E-state index contributed by atoms with van der Waals surface area (Å²) in [5.41, 5.74) is 5.64. The van der Waals surface area contributed by atoms with Gasteiger partial charge in [-0.25, -0.2) is 13.2 Å². The van der Waals surface area contributed by atoms with Crippen LogP contribution in [0.15, 0.2) is 12.1 Å². The predicted octanol–water partition coefficient (Wildman–Crippen LogP) is 1.61. The van der Waals surface area contributed by atoms with Crippen molar-refractivity contribution in [2.45, 2.75) is 38.1 Å². The number of carbonyl (C=O) groups excluding carboxylic acids is 1. The molecular formula is C16H18ClF6N5O2. The molecule has 1 atom stereocenters. The molecule has 1 aromatic heterocycles. The summed E-state index contributed by atoms with van der Waals surface area (Å²) in [6.45, 7) is -0.302. The highest BCUT2D eigenvalue weighted by Crippen LogP contribution is 2.29. The number of nitrogens with zero attached hydrogens (tertiary/aromatic N) is 4. The van der Waals surface area contributed by atoms with Crippen LogP contribution in [-0.4, -0.2) is 43.6 Å². The van der Waals surface area contributed by atoms with Gasteiger partial charge < -0.3 is 20.7 Å². The van der Waals surface area contributed by atoms with Gasteiger partial charge in [-0.05, 0) is 18.1 Å². The van der Waals surface area contributed by atoms with Crippen LogP contribution in [0.2, 0.25) is 0 Å². The number of hydrogen-bond acceptors (Lipinski definition) is 4. The van der Waals surface area contributed by atoms with Crippen LogP contribution in [0.5, 0.6) is 0 Å². The Labute approximate surface area is 172 Å². The molecule has 30 heavy (non-hydrogen) atoms. The second-order valence-corrected chi connectivity index (χ2v) is 6.43. The number of aromatic nitrogens is 3. The number of amides is 1. The quantitative estimate of drug-likeness (QED) is 0.551. The molecule has 1 aromatic carbocycles. The SMILES string of the molecule is Cl.NC(CC(=O)N1CCn2c(nnc2C(F)(F)F)C1)Cc1cc(F)c(F)cc1F.O. The van der Waals surface area contributed by atoms with Gasteiger partial charge in [0, 0.05) is 31.6 Å². The molecule has 1 unspecified atom stereocenters. The van der Waals surface area contributed by atoms with Gasteiger partial charge in [0.1, 0.15) is 5.82 Å². The molecule has 2 aromatic rings. The van der Waals surface area contributed by atoms with E-state index >= 15 is 0 Å². The lowest BCUT2D eigenvalue weighted by Gasteiger charge is -2.29. The molecule has 1 aliphatic rings. The Bertz CT molecular complexity index is 907. The van der Waals surface area contributed by atoms with E-state index in [4.69, 9.17) is 5.73 Å². The standard InChI is InChI=1S/C16H15F6N5O.ClH.H2O/c17-10-6-12(19)11(18)4-8(10)3-9(23)5-14(28)26-1-2-27-13(7-26)24-25-15(27)16(20,21)22;;/h4,6,9H,1-3,5,7,23H2;1H;1H2. The Morgan fingerprint density at radius 2 is 1.73 bits per heavy atom. The molecule has 3 rings (SSSR count). The van der Waals surface area contributed by atoms with Gasteiger partial charge in [0.15, 0.2) is 17.5 Å². The zero-order valence-corrected chi connectivity index (χ0v) is 16.0. The fourth-order valence-electron chi connectivity index (χ4n) is 3.01. The lowest BCUT2D eigenvalue weighted by Crippen LogP contribution is -2.42. The first-order chi connectivity index (χ1) is 13.1. The molecule has 168 valence electrons. The summed E-state index contributed by atoms with van der Waals surface area (Å²) in [5.74, 6) is -5.15. The summed E-state index contributed by atoms with van der Waals surface area (Å²) in [5, 5.41) is 6.60. The maximum atomic E-state index is 13.7. The number of benzene rings is 1. The molecule has 0 fully saturated rings. The average Bonchev–Trinajstić information content (AvgIpc) is 3.03. The smallest absolute Gasteiger partial charge is 0.412 e. The number of carbonyl (C=O) groups is 1. The first-order valence-corrected chi connectivity index (χ1v) is 8.22. The molecule has 2 heterocycles. The zero-order valence-electron chi connectivity index (χ0n) is 15.2. The van der Waals surface area contributed by atoms with Crippen LogP contribution < -0.4 is 5.73 Å². The minimum atomic E-state index is -4.64. The van der Waals surface area contributed by atoms with Crippen molar-refractivity contribution < 1.29 is 36.6 Å². The number of nitrogens with two attached hydrogens (primary N) is 1. The summed E-state index contributed by atoms with van der Waals surface area (Å²) >= 11 is 0. The first-order valence-electron chi connectivity index (χ1n) is 8.22. The Kier molecular flexibility index (Phi) is 8.23. The van der Waals surface area contributed by atoms with E-state index in [1.165, 1.54) is 4.90 Å². The Hall–Kier alpha value is -2.38. The molecule has 0 radical (unpaired) electrons. The molecule has 0 bridgehead atoms. The first kappa shape index (κ1) is 25.7. The van der Waals surface area contributed by atoms with Crippen molar-refractivity contribution in [1.29, 1.82) is 0 Å². The van der Waals surface area contributed by atoms with E-state index in [0.29, 0.717) is 12.1 Å². The normalized spacial score (nSPS) is 14.4. The van der Waals surface area contributed by atoms with Crippen molar-refractivity contribution in [2.75, 3.05) is 6.54 Å². The van der Waals surface area contributed by atoms with Crippen molar-refractivity contribution in [3.8, 4) is 0 Å². The summed E-state index contributed by atoms with van der Waals surface area (Å²) in [6.07, 6.45) is -5.11. The van der Waals surface area contributed by atoms with E-state index in [-0.39, 0.29) is 61.7 Å². The van der Waals surface area contributed by atoms with E-state index in [9.17, 15) is 31.1 Å². The lowest BCUT2D eigenvalue weighted by molar-refractivity contribution is -0.148. The second-order valence-electron chi connectivity index (χ2n) is 6.43. The van der Waals surface area contributed by atoms with Crippen molar-refractivity contribution in [3.05, 3.63) is 46.8 Å².